The highest BCUT2D eigenvalue weighted by atomic mass is 32.1. The summed E-state index contributed by atoms with van der Waals surface area (Å²) in [5.74, 6) is -0.642. The number of hydrogen-bond acceptors (Lipinski definition) is 5. The van der Waals surface area contributed by atoms with Gasteiger partial charge in [-0.3, -0.25) is 9.48 Å². The fourth-order valence-corrected chi connectivity index (χ4v) is 4.19. The highest BCUT2D eigenvalue weighted by Gasteiger charge is 2.27. The Labute approximate surface area is 138 Å². The SMILES string of the molecule is CCn1nccc1C(=O)Nc1sc2c(c1C(=O)OC)CCCC2. The van der Waals surface area contributed by atoms with Crippen molar-refractivity contribution >= 4 is 28.2 Å². The number of carbonyl (C=O) groups excluding carboxylic acids is 2. The van der Waals surface area contributed by atoms with E-state index in [-0.39, 0.29) is 11.9 Å². The van der Waals surface area contributed by atoms with E-state index >= 15 is 0 Å². The summed E-state index contributed by atoms with van der Waals surface area (Å²) in [7, 11) is 1.37. The molecule has 0 saturated heterocycles. The van der Waals surface area contributed by atoms with Gasteiger partial charge in [0.25, 0.3) is 5.91 Å². The molecule has 7 heteroatoms. The minimum absolute atomic E-state index is 0.256. The number of amides is 1. The fraction of sp³-hybridized carbons (Fsp3) is 0.438. The van der Waals surface area contributed by atoms with Gasteiger partial charge in [0.05, 0.1) is 12.7 Å². The summed E-state index contributed by atoms with van der Waals surface area (Å²) in [6, 6.07) is 1.67. The summed E-state index contributed by atoms with van der Waals surface area (Å²) in [6.45, 7) is 2.54. The van der Waals surface area contributed by atoms with Crippen LogP contribution in [0.4, 0.5) is 5.00 Å². The lowest BCUT2D eigenvalue weighted by Crippen LogP contribution is -2.18. The first-order chi connectivity index (χ1) is 11.2. The Balaban J connectivity index is 1.95. The molecule has 23 heavy (non-hydrogen) atoms. The van der Waals surface area contributed by atoms with Gasteiger partial charge in [0.15, 0.2) is 0 Å². The molecule has 0 spiro atoms. The number of hydrogen-bond donors (Lipinski definition) is 1. The smallest absolute Gasteiger partial charge is 0.341 e. The molecular weight excluding hydrogens is 314 g/mol. The van der Waals surface area contributed by atoms with Crippen molar-refractivity contribution in [2.75, 3.05) is 12.4 Å². The maximum atomic E-state index is 12.5. The van der Waals surface area contributed by atoms with Crippen molar-refractivity contribution < 1.29 is 14.3 Å². The lowest BCUT2D eigenvalue weighted by Gasteiger charge is -2.11. The zero-order chi connectivity index (χ0) is 16.4. The Morgan fingerprint density at radius 3 is 2.91 bits per heavy atom. The number of nitrogens with zero attached hydrogens (tertiary/aromatic N) is 2. The lowest BCUT2D eigenvalue weighted by molar-refractivity contribution is 0.0601. The second-order valence-corrected chi connectivity index (χ2v) is 6.50. The zero-order valence-corrected chi connectivity index (χ0v) is 14.0. The van der Waals surface area contributed by atoms with Crippen LogP contribution >= 0.6 is 11.3 Å². The molecule has 0 fully saturated rings. The summed E-state index contributed by atoms with van der Waals surface area (Å²) in [6.07, 6.45) is 5.58. The van der Waals surface area contributed by atoms with Crippen LogP contribution in [0.1, 0.15) is 51.1 Å². The average molecular weight is 333 g/mol. The first-order valence-corrected chi connectivity index (χ1v) is 8.53. The van der Waals surface area contributed by atoms with Crippen molar-refractivity contribution in [3.8, 4) is 0 Å². The monoisotopic (exact) mass is 333 g/mol. The second kappa shape index (κ2) is 6.54. The number of aromatic nitrogens is 2. The summed E-state index contributed by atoms with van der Waals surface area (Å²) in [5, 5.41) is 7.56. The van der Waals surface area contributed by atoms with E-state index in [1.54, 1.807) is 16.9 Å². The number of nitrogens with one attached hydrogen (secondary N) is 1. The number of aryl methyl sites for hydroxylation is 2. The Hall–Kier alpha value is -2.15. The normalized spacial score (nSPS) is 13.5. The molecule has 6 nitrogen and oxygen atoms in total. The third-order valence-electron chi connectivity index (χ3n) is 4.04. The van der Waals surface area contributed by atoms with Gasteiger partial charge in [0, 0.05) is 17.6 Å². The molecule has 2 aromatic heterocycles. The molecule has 0 aliphatic heterocycles. The summed E-state index contributed by atoms with van der Waals surface area (Å²) >= 11 is 1.48. The Kier molecular flexibility index (Phi) is 4.47. The Morgan fingerprint density at radius 2 is 2.17 bits per heavy atom. The Morgan fingerprint density at radius 1 is 1.39 bits per heavy atom. The minimum Gasteiger partial charge on any atom is -0.465 e. The topological polar surface area (TPSA) is 73.2 Å². The van der Waals surface area contributed by atoms with Gasteiger partial charge in [-0.25, -0.2) is 4.79 Å². The number of rotatable bonds is 4. The van der Waals surface area contributed by atoms with E-state index in [0.29, 0.717) is 22.8 Å². The molecule has 0 saturated carbocycles. The molecule has 0 aromatic carbocycles. The summed E-state index contributed by atoms with van der Waals surface area (Å²) < 4.78 is 6.54. The molecule has 2 heterocycles. The van der Waals surface area contributed by atoms with E-state index in [1.807, 2.05) is 6.92 Å². The number of esters is 1. The van der Waals surface area contributed by atoms with Crippen molar-refractivity contribution in [1.82, 2.24) is 9.78 Å². The largest absolute Gasteiger partial charge is 0.465 e. The number of ether oxygens (including phenoxy) is 1. The molecule has 0 unspecified atom stereocenters. The van der Waals surface area contributed by atoms with Gasteiger partial charge in [0.2, 0.25) is 0 Å². The predicted molar refractivity (Wildman–Crippen MR) is 88.2 cm³/mol. The first-order valence-electron chi connectivity index (χ1n) is 7.71. The van der Waals surface area contributed by atoms with Crippen molar-refractivity contribution in [3.05, 3.63) is 34.0 Å². The van der Waals surface area contributed by atoms with Gasteiger partial charge in [-0.15, -0.1) is 11.3 Å². The molecule has 1 N–H and O–H groups in total. The van der Waals surface area contributed by atoms with E-state index in [4.69, 9.17) is 4.74 Å². The lowest BCUT2D eigenvalue weighted by atomic mass is 9.95. The van der Waals surface area contributed by atoms with Crippen LogP contribution in [0.3, 0.4) is 0 Å². The maximum Gasteiger partial charge on any atom is 0.341 e. The van der Waals surface area contributed by atoms with Gasteiger partial charge < -0.3 is 10.1 Å². The molecule has 122 valence electrons. The van der Waals surface area contributed by atoms with Crippen LogP contribution in [0.15, 0.2) is 12.3 Å². The van der Waals surface area contributed by atoms with Crippen LogP contribution in [-0.4, -0.2) is 28.8 Å². The van der Waals surface area contributed by atoms with Gasteiger partial charge in [-0.2, -0.15) is 5.10 Å². The molecule has 1 aliphatic rings. The molecule has 0 bridgehead atoms. The van der Waals surface area contributed by atoms with Crippen molar-refractivity contribution in [1.29, 1.82) is 0 Å². The predicted octanol–water partition coefficient (Wildman–Crippen LogP) is 2.88. The highest BCUT2D eigenvalue weighted by molar-refractivity contribution is 7.17. The Bertz CT molecular complexity index is 748. The maximum absolute atomic E-state index is 12.5. The van der Waals surface area contributed by atoms with Crippen molar-refractivity contribution in [3.63, 3.8) is 0 Å². The second-order valence-electron chi connectivity index (χ2n) is 5.39. The first kappa shape index (κ1) is 15.7. The number of fused-ring (bicyclic) bond motifs is 1. The van der Waals surface area contributed by atoms with Crippen LogP contribution < -0.4 is 5.32 Å². The molecule has 0 atom stereocenters. The van der Waals surface area contributed by atoms with Crippen LogP contribution in [-0.2, 0) is 24.1 Å². The third kappa shape index (κ3) is 2.88. The number of carbonyl (C=O) groups is 2. The van der Waals surface area contributed by atoms with E-state index in [1.165, 1.54) is 23.3 Å². The van der Waals surface area contributed by atoms with E-state index in [2.05, 4.69) is 10.4 Å². The van der Waals surface area contributed by atoms with E-state index in [9.17, 15) is 9.59 Å². The van der Waals surface area contributed by atoms with Gasteiger partial charge in [0.1, 0.15) is 10.7 Å². The van der Waals surface area contributed by atoms with Crippen LogP contribution in [0.2, 0.25) is 0 Å². The van der Waals surface area contributed by atoms with Crippen LogP contribution in [0, 0.1) is 0 Å². The summed E-state index contributed by atoms with van der Waals surface area (Å²) in [5.41, 5.74) is 2.03. The molecular formula is C16H19N3O3S. The van der Waals surface area contributed by atoms with Crippen LogP contribution in [0.25, 0.3) is 0 Å². The zero-order valence-electron chi connectivity index (χ0n) is 13.2. The number of methoxy groups -OCH3 is 1. The van der Waals surface area contributed by atoms with Gasteiger partial charge >= 0.3 is 5.97 Å². The van der Waals surface area contributed by atoms with Gasteiger partial charge in [-0.1, -0.05) is 0 Å². The molecule has 3 rings (SSSR count). The van der Waals surface area contributed by atoms with E-state index < -0.39 is 0 Å². The summed E-state index contributed by atoms with van der Waals surface area (Å²) in [4.78, 5) is 25.9. The van der Waals surface area contributed by atoms with E-state index in [0.717, 1.165) is 31.2 Å². The highest BCUT2D eigenvalue weighted by Crippen LogP contribution is 2.38. The van der Waals surface area contributed by atoms with Crippen LogP contribution in [0.5, 0.6) is 0 Å². The van der Waals surface area contributed by atoms with Crippen molar-refractivity contribution in [2.24, 2.45) is 0 Å². The van der Waals surface area contributed by atoms with Crippen molar-refractivity contribution in [2.45, 2.75) is 39.2 Å². The molecule has 0 radical (unpaired) electrons. The molecule has 1 aliphatic carbocycles. The van der Waals surface area contributed by atoms with Gasteiger partial charge in [-0.05, 0) is 44.2 Å². The molecule has 2 aromatic rings. The average Bonchev–Trinajstić information content (AvgIpc) is 3.17. The standard InChI is InChI=1S/C16H19N3O3S/c1-3-19-11(8-9-17-19)14(20)18-15-13(16(21)22-2)10-6-4-5-7-12(10)23-15/h8-9H,3-7H2,1-2H3,(H,18,20). The minimum atomic E-state index is -0.385. The molecule has 1 amide bonds. The fourth-order valence-electron chi connectivity index (χ4n) is 2.92. The quantitative estimate of drug-likeness (QED) is 0.873. The number of thiophene rings is 1. The third-order valence-corrected chi connectivity index (χ3v) is 5.24. The number of anilines is 1.